The summed E-state index contributed by atoms with van der Waals surface area (Å²) in [5, 5.41) is 16.4. The molecule has 0 atom stereocenters. The van der Waals surface area contributed by atoms with Crippen molar-refractivity contribution in [3.8, 4) is 6.07 Å². The van der Waals surface area contributed by atoms with Gasteiger partial charge in [-0.1, -0.05) is 0 Å². The number of rotatable bonds is 5. The van der Waals surface area contributed by atoms with Gasteiger partial charge in [0.2, 0.25) is 0 Å². The third-order valence-corrected chi connectivity index (χ3v) is 2.97. The van der Waals surface area contributed by atoms with Crippen LogP contribution in [-0.2, 0) is 6.54 Å². The minimum absolute atomic E-state index is 0.0137. The summed E-state index contributed by atoms with van der Waals surface area (Å²) in [4.78, 5) is 11.4. The number of aryl methyl sites for hydroxylation is 1. The maximum atomic E-state index is 11.4. The van der Waals surface area contributed by atoms with Crippen molar-refractivity contribution in [3.63, 3.8) is 0 Å². The second kappa shape index (κ2) is 6.02. The van der Waals surface area contributed by atoms with E-state index in [1.54, 1.807) is 24.4 Å². The molecule has 0 bridgehead atoms. The lowest BCUT2D eigenvalue weighted by Gasteiger charge is -2.09. The Labute approximate surface area is 117 Å². The Balaban J connectivity index is 2.06. The van der Waals surface area contributed by atoms with Crippen LogP contribution in [0, 0.1) is 18.3 Å². The minimum Gasteiger partial charge on any atom is -0.382 e. The largest absolute Gasteiger partial charge is 0.382 e. The summed E-state index contributed by atoms with van der Waals surface area (Å²) in [5.74, 6) is -0.0137. The third kappa shape index (κ3) is 3.23. The van der Waals surface area contributed by atoms with Gasteiger partial charge in [-0.3, -0.25) is 9.48 Å². The molecule has 2 aromatic rings. The van der Waals surface area contributed by atoms with Gasteiger partial charge in [0.05, 0.1) is 24.0 Å². The molecule has 20 heavy (non-hydrogen) atoms. The van der Waals surface area contributed by atoms with Gasteiger partial charge in [0.1, 0.15) is 6.07 Å². The van der Waals surface area contributed by atoms with Gasteiger partial charge >= 0.3 is 0 Å². The Hall–Kier alpha value is -2.61. The van der Waals surface area contributed by atoms with Crippen LogP contribution < -0.4 is 5.32 Å². The molecule has 1 aromatic carbocycles. The molecule has 1 heterocycles. The first-order valence-corrected chi connectivity index (χ1v) is 6.38. The van der Waals surface area contributed by atoms with Crippen molar-refractivity contribution in [3.05, 3.63) is 47.3 Å². The number of carbonyl (C=O) groups excluding carboxylic acids is 1. The lowest BCUT2D eigenvalue weighted by atomic mass is 10.1. The zero-order chi connectivity index (χ0) is 14.5. The summed E-state index contributed by atoms with van der Waals surface area (Å²) < 4.78 is 1.84. The Morgan fingerprint density at radius 3 is 2.90 bits per heavy atom. The van der Waals surface area contributed by atoms with E-state index < -0.39 is 0 Å². The number of hydrogen-bond donors (Lipinski definition) is 1. The molecule has 0 aliphatic heterocycles. The zero-order valence-corrected chi connectivity index (χ0v) is 11.6. The van der Waals surface area contributed by atoms with Crippen molar-refractivity contribution in [1.29, 1.82) is 5.26 Å². The Morgan fingerprint density at radius 2 is 2.30 bits per heavy atom. The predicted octanol–water partition coefficient (Wildman–Crippen LogP) is 2.38. The van der Waals surface area contributed by atoms with Crippen molar-refractivity contribution in [1.82, 2.24) is 9.78 Å². The maximum absolute atomic E-state index is 11.4. The molecule has 0 amide bonds. The highest BCUT2D eigenvalue weighted by Crippen LogP contribution is 2.17. The molecule has 102 valence electrons. The number of nitrogens with one attached hydrogen (secondary N) is 1. The lowest BCUT2D eigenvalue weighted by molar-refractivity contribution is 0.101. The van der Waals surface area contributed by atoms with Crippen LogP contribution in [0.15, 0.2) is 30.6 Å². The molecular weight excluding hydrogens is 252 g/mol. The fourth-order valence-electron chi connectivity index (χ4n) is 1.90. The van der Waals surface area contributed by atoms with Gasteiger partial charge in [-0.15, -0.1) is 0 Å². The van der Waals surface area contributed by atoms with Crippen molar-refractivity contribution in [2.45, 2.75) is 20.4 Å². The van der Waals surface area contributed by atoms with Gasteiger partial charge in [-0.25, -0.2) is 0 Å². The predicted molar refractivity (Wildman–Crippen MR) is 76.6 cm³/mol. The van der Waals surface area contributed by atoms with E-state index in [0.29, 0.717) is 29.9 Å². The Bertz CT molecular complexity index is 667. The number of hydrogen-bond acceptors (Lipinski definition) is 4. The first kappa shape index (κ1) is 13.8. The van der Waals surface area contributed by atoms with Gasteiger partial charge in [-0.05, 0) is 37.6 Å². The number of nitriles is 1. The van der Waals surface area contributed by atoms with Crippen LogP contribution in [0.5, 0.6) is 0 Å². The van der Waals surface area contributed by atoms with Crippen LogP contribution in [0.25, 0.3) is 0 Å². The number of aromatic nitrogens is 2. The summed E-state index contributed by atoms with van der Waals surface area (Å²) in [5.41, 5.74) is 2.93. The van der Waals surface area contributed by atoms with E-state index in [1.165, 1.54) is 6.92 Å². The summed E-state index contributed by atoms with van der Waals surface area (Å²) in [6.45, 7) is 4.83. The second-order valence-corrected chi connectivity index (χ2v) is 4.64. The minimum atomic E-state index is -0.0137. The molecule has 0 saturated heterocycles. The molecule has 0 fully saturated rings. The summed E-state index contributed by atoms with van der Waals surface area (Å²) in [7, 11) is 0. The SMILES string of the molecule is CC(=O)c1ccc(C#N)c(NCCn2cc(C)cn2)c1. The van der Waals surface area contributed by atoms with Crippen molar-refractivity contribution >= 4 is 11.5 Å². The third-order valence-electron chi connectivity index (χ3n) is 2.97. The first-order chi connectivity index (χ1) is 9.60. The first-order valence-electron chi connectivity index (χ1n) is 6.38. The molecule has 1 aromatic heterocycles. The van der Waals surface area contributed by atoms with Gasteiger partial charge in [-0.2, -0.15) is 10.4 Å². The molecule has 0 spiro atoms. The second-order valence-electron chi connectivity index (χ2n) is 4.64. The van der Waals surface area contributed by atoms with E-state index in [-0.39, 0.29) is 5.78 Å². The number of Topliss-reactive ketones (excluding diaryl/α,β-unsaturated/α-hetero) is 1. The van der Waals surface area contributed by atoms with Gasteiger partial charge < -0.3 is 5.32 Å². The fourth-order valence-corrected chi connectivity index (χ4v) is 1.90. The van der Waals surface area contributed by atoms with E-state index in [1.807, 2.05) is 17.8 Å². The molecule has 1 N–H and O–H groups in total. The smallest absolute Gasteiger partial charge is 0.159 e. The van der Waals surface area contributed by atoms with Crippen LogP contribution in [0.2, 0.25) is 0 Å². The van der Waals surface area contributed by atoms with Crippen LogP contribution in [0.3, 0.4) is 0 Å². The number of nitrogens with zero attached hydrogens (tertiary/aromatic N) is 3. The maximum Gasteiger partial charge on any atom is 0.159 e. The summed E-state index contributed by atoms with van der Waals surface area (Å²) >= 11 is 0. The average Bonchev–Trinajstić information content (AvgIpc) is 2.84. The van der Waals surface area contributed by atoms with Gasteiger partial charge in [0.25, 0.3) is 0 Å². The molecule has 5 nitrogen and oxygen atoms in total. The van der Waals surface area contributed by atoms with E-state index in [9.17, 15) is 4.79 Å². The monoisotopic (exact) mass is 268 g/mol. The fraction of sp³-hybridized carbons (Fsp3) is 0.267. The van der Waals surface area contributed by atoms with Crippen LogP contribution in [-0.4, -0.2) is 22.1 Å². The zero-order valence-electron chi connectivity index (χ0n) is 11.6. The molecule has 0 unspecified atom stereocenters. The van der Waals surface area contributed by atoms with Crippen molar-refractivity contribution < 1.29 is 4.79 Å². The summed E-state index contributed by atoms with van der Waals surface area (Å²) in [6.07, 6.45) is 3.76. The molecule has 2 rings (SSSR count). The Kier molecular flexibility index (Phi) is 4.16. The molecular formula is C15H16N4O. The van der Waals surface area contributed by atoms with Gasteiger partial charge in [0, 0.05) is 18.3 Å². The quantitative estimate of drug-likeness (QED) is 0.845. The highest BCUT2D eigenvalue weighted by atomic mass is 16.1. The Morgan fingerprint density at radius 1 is 1.50 bits per heavy atom. The highest BCUT2D eigenvalue weighted by Gasteiger charge is 2.06. The average molecular weight is 268 g/mol. The molecule has 0 aliphatic rings. The highest BCUT2D eigenvalue weighted by molar-refractivity contribution is 5.95. The van der Waals surface area contributed by atoms with E-state index in [0.717, 1.165) is 5.56 Å². The lowest BCUT2D eigenvalue weighted by Crippen LogP contribution is -2.12. The van der Waals surface area contributed by atoms with Crippen molar-refractivity contribution in [2.75, 3.05) is 11.9 Å². The van der Waals surface area contributed by atoms with E-state index >= 15 is 0 Å². The number of ketones is 1. The standard InChI is InChI=1S/C15H16N4O/c1-11-9-18-19(10-11)6-5-17-15-7-13(12(2)20)3-4-14(15)8-16/h3-4,7,9-10,17H,5-6H2,1-2H3. The van der Waals surface area contributed by atoms with Gasteiger partial charge in [0.15, 0.2) is 5.78 Å². The number of anilines is 1. The van der Waals surface area contributed by atoms with Crippen LogP contribution in [0.1, 0.15) is 28.4 Å². The molecule has 0 radical (unpaired) electrons. The topological polar surface area (TPSA) is 70.7 Å². The number of carbonyl (C=O) groups is 1. The molecule has 5 heteroatoms. The summed E-state index contributed by atoms with van der Waals surface area (Å²) in [6, 6.07) is 7.17. The van der Waals surface area contributed by atoms with Crippen LogP contribution >= 0.6 is 0 Å². The molecule has 0 saturated carbocycles. The number of benzene rings is 1. The van der Waals surface area contributed by atoms with Crippen LogP contribution in [0.4, 0.5) is 5.69 Å². The normalized spacial score (nSPS) is 10.1. The van der Waals surface area contributed by atoms with E-state index in [4.69, 9.17) is 5.26 Å². The molecule has 0 aliphatic carbocycles. The van der Waals surface area contributed by atoms with Crippen molar-refractivity contribution in [2.24, 2.45) is 0 Å². The van der Waals surface area contributed by atoms with E-state index in [2.05, 4.69) is 16.5 Å².